The smallest absolute Gasteiger partial charge is 0.223 e. The predicted molar refractivity (Wildman–Crippen MR) is 156 cm³/mol. The van der Waals surface area contributed by atoms with Crippen LogP contribution in [0.2, 0.25) is 0 Å². The molecule has 4 atom stereocenters. The minimum Gasteiger partial charge on any atom is -0.493 e. The number of fused-ring (bicyclic) bond motifs is 1. The number of methoxy groups -OCH3 is 2. The van der Waals surface area contributed by atoms with E-state index in [-0.39, 0.29) is 24.0 Å². The molecule has 0 saturated heterocycles. The zero-order valence-corrected chi connectivity index (χ0v) is 24.5. The summed E-state index contributed by atoms with van der Waals surface area (Å²) in [6.07, 6.45) is 16.1. The van der Waals surface area contributed by atoms with Gasteiger partial charge in [-0.2, -0.15) is 0 Å². The van der Waals surface area contributed by atoms with Crippen LogP contribution in [0.4, 0.5) is 0 Å². The largest absolute Gasteiger partial charge is 0.493 e. The molecule has 7 heteroatoms. The molecule has 1 heterocycles. The summed E-state index contributed by atoms with van der Waals surface area (Å²) in [5.74, 6) is 2.24. The number of rotatable bonds is 15. The van der Waals surface area contributed by atoms with E-state index < -0.39 is 0 Å². The van der Waals surface area contributed by atoms with Gasteiger partial charge in [-0.05, 0) is 74.6 Å². The van der Waals surface area contributed by atoms with Gasteiger partial charge in [0.2, 0.25) is 5.91 Å². The van der Waals surface area contributed by atoms with E-state index >= 15 is 0 Å². The first kappa shape index (κ1) is 31.0. The summed E-state index contributed by atoms with van der Waals surface area (Å²) in [4.78, 5) is 15.1. The van der Waals surface area contributed by atoms with Gasteiger partial charge in [0.15, 0.2) is 11.5 Å². The zero-order valence-electron chi connectivity index (χ0n) is 24.5. The molecule has 1 amide bonds. The maximum atomic E-state index is 13.1. The molecule has 1 aromatic rings. The number of aliphatic hydroxyl groups is 1. The van der Waals surface area contributed by atoms with E-state index in [0.29, 0.717) is 18.1 Å². The van der Waals surface area contributed by atoms with Crippen LogP contribution in [0.15, 0.2) is 29.4 Å². The number of benzene rings is 1. The van der Waals surface area contributed by atoms with Crippen molar-refractivity contribution in [1.82, 2.24) is 4.90 Å². The SMILES string of the molecule is CCCCC[C@H](O)C=C[C@@H]1CCC(=NO)[C@@H]1CCCCCCC(=O)N1CCc2cc(OC)c(OC)cc2[C@@H]1C. The normalized spacial score (nSPS) is 22.8. The van der Waals surface area contributed by atoms with Crippen molar-refractivity contribution in [2.24, 2.45) is 17.0 Å². The molecular formula is C32H50N2O5. The Morgan fingerprint density at radius 3 is 2.56 bits per heavy atom. The Kier molecular flexibility index (Phi) is 12.6. The fourth-order valence-electron chi connectivity index (χ4n) is 6.28. The second kappa shape index (κ2) is 15.9. The van der Waals surface area contributed by atoms with E-state index in [4.69, 9.17) is 9.47 Å². The molecule has 1 saturated carbocycles. The van der Waals surface area contributed by atoms with Gasteiger partial charge in [0, 0.05) is 18.9 Å². The lowest BCUT2D eigenvalue weighted by atomic mass is 9.89. The minimum absolute atomic E-state index is 0.0229. The van der Waals surface area contributed by atoms with E-state index in [0.717, 1.165) is 101 Å². The Morgan fingerprint density at radius 1 is 1.10 bits per heavy atom. The van der Waals surface area contributed by atoms with Crippen molar-refractivity contribution in [3.05, 3.63) is 35.4 Å². The molecule has 7 nitrogen and oxygen atoms in total. The Bertz CT molecular complexity index is 976. The first-order chi connectivity index (χ1) is 18.9. The summed E-state index contributed by atoms with van der Waals surface area (Å²) in [7, 11) is 3.29. The summed E-state index contributed by atoms with van der Waals surface area (Å²) < 4.78 is 10.9. The zero-order chi connectivity index (χ0) is 28.2. The van der Waals surface area contributed by atoms with E-state index in [1.807, 2.05) is 23.1 Å². The second-order valence-electron chi connectivity index (χ2n) is 11.2. The highest BCUT2D eigenvalue weighted by Crippen LogP contribution is 2.38. The van der Waals surface area contributed by atoms with E-state index in [9.17, 15) is 15.1 Å². The van der Waals surface area contributed by atoms with Gasteiger partial charge in [-0.3, -0.25) is 4.79 Å². The lowest BCUT2D eigenvalue weighted by Crippen LogP contribution is -2.38. The fraction of sp³-hybridized carbons (Fsp3) is 0.688. The third-order valence-corrected chi connectivity index (χ3v) is 8.65. The van der Waals surface area contributed by atoms with E-state index in [2.05, 4.69) is 25.1 Å². The van der Waals surface area contributed by atoms with Crippen LogP contribution in [0, 0.1) is 11.8 Å². The Balaban J connectivity index is 1.41. The number of carbonyl (C=O) groups is 1. The van der Waals surface area contributed by atoms with Gasteiger partial charge in [0.25, 0.3) is 0 Å². The van der Waals surface area contributed by atoms with Crippen LogP contribution >= 0.6 is 0 Å². The number of ether oxygens (including phenoxy) is 2. The van der Waals surface area contributed by atoms with Crippen molar-refractivity contribution in [2.45, 2.75) is 109 Å². The molecule has 218 valence electrons. The monoisotopic (exact) mass is 542 g/mol. The van der Waals surface area contributed by atoms with Crippen LogP contribution in [0.1, 0.15) is 108 Å². The van der Waals surface area contributed by atoms with Crippen LogP contribution in [0.25, 0.3) is 0 Å². The molecule has 0 bridgehead atoms. The number of allylic oxidation sites excluding steroid dienone is 1. The van der Waals surface area contributed by atoms with Gasteiger partial charge in [0.1, 0.15) is 0 Å². The highest BCUT2D eigenvalue weighted by Gasteiger charge is 2.32. The summed E-state index contributed by atoms with van der Waals surface area (Å²) in [5.41, 5.74) is 3.26. The first-order valence-corrected chi connectivity index (χ1v) is 15.0. The highest BCUT2D eigenvalue weighted by atomic mass is 16.5. The van der Waals surface area contributed by atoms with Crippen LogP contribution in [-0.2, 0) is 11.2 Å². The number of hydrogen-bond donors (Lipinski definition) is 2. The maximum absolute atomic E-state index is 13.1. The summed E-state index contributed by atoms with van der Waals surface area (Å²) in [5, 5.41) is 23.4. The Morgan fingerprint density at radius 2 is 1.85 bits per heavy atom. The number of oxime groups is 1. The average Bonchev–Trinajstić information content (AvgIpc) is 3.34. The number of nitrogens with zero attached hydrogens (tertiary/aromatic N) is 2. The van der Waals surface area contributed by atoms with Crippen molar-refractivity contribution < 1.29 is 24.6 Å². The number of aliphatic hydroxyl groups excluding tert-OH is 1. The number of amides is 1. The average molecular weight is 543 g/mol. The molecule has 2 aliphatic rings. The van der Waals surface area contributed by atoms with E-state index in [1.54, 1.807) is 14.2 Å². The third kappa shape index (κ3) is 8.47. The first-order valence-electron chi connectivity index (χ1n) is 15.0. The molecule has 1 aliphatic heterocycles. The summed E-state index contributed by atoms with van der Waals surface area (Å²) >= 11 is 0. The molecule has 1 aromatic carbocycles. The molecule has 39 heavy (non-hydrogen) atoms. The van der Waals surface area contributed by atoms with Crippen molar-refractivity contribution in [3.63, 3.8) is 0 Å². The standard InChI is InChI=1S/C32H50N2O5/c1-5-6-9-12-26(35)17-15-24-16-18-29(33-37)27(24)13-10-7-8-11-14-32(36)34-20-19-25-21-30(38-3)31(39-4)22-28(25)23(34)2/h15,17,21-24,26-27,35,37H,5-14,16,18-20H2,1-4H3/t23-,24+,26-,27+/m0/s1. The number of hydrogen-bond acceptors (Lipinski definition) is 6. The predicted octanol–water partition coefficient (Wildman–Crippen LogP) is 6.84. The molecular weight excluding hydrogens is 492 g/mol. The Hall–Kier alpha value is -2.54. The quantitative estimate of drug-likeness (QED) is 0.110. The lowest BCUT2D eigenvalue weighted by Gasteiger charge is -2.36. The van der Waals surface area contributed by atoms with Crippen molar-refractivity contribution in [1.29, 1.82) is 0 Å². The van der Waals surface area contributed by atoms with Crippen molar-refractivity contribution >= 4 is 11.6 Å². The molecule has 0 unspecified atom stereocenters. The molecule has 0 spiro atoms. The highest BCUT2D eigenvalue weighted by molar-refractivity contribution is 5.88. The van der Waals surface area contributed by atoms with Crippen molar-refractivity contribution in [3.8, 4) is 11.5 Å². The van der Waals surface area contributed by atoms with E-state index in [1.165, 1.54) is 5.56 Å². The third-order valence-electron chi connectivity index (χ3n) is 8.65. The van der Waals surface area contributed by atoms with Gasteiger partial charge in [-0.25, -0.2) is 0 Å². The van der Waals surface area contributed by atoms with Crippen LogP contribution in [0.5, 0.6) is 11.5 Å². The molecule has 0 radical (unpaired) electrons. The van der Waals surface area contributed by atoms with Gasteiger partial charge in [-0.15, -0.1) is 0 Å². The van der Waals surface area contributed by atoms with Gasteiger partial charge < -0.3 is 24.7 Å². The molecule has 2 N–H and O–H groups in total. The molecule has 1 aliphatic carbocycles. The van der Waals surface area contributed by atoms with Crippen LogP contribution < -0.4 is 9.47 Å². The van der Waals surface area contributed by atoms with Gasteiger partial charge >= 0.3 is 0 Å². The fourth-order valence-corrected chi connectivity index (χ4v) is 6.28. The minimum atomic E-state index is -0.384. The molecule has 0 aromatic heterocycles. The number of unbranched alkanes of at least 4 members (excludes halogenated alkanes) is 5. The van der Waals surface area contributed by atoms with Crippen molar-refractivity contribution in [2.75, 3.05) is 20.8 Å². The van der Waals surface area contributed by atoms with Gasteiger partial charge in [0.05, 0.1) is 32.1 Å². The molecule has 1 fully saturated rings. The van der Waals surface area contributed by atoms with Crippen LogP contribution in [-0.4, -0.2) is 53.7 Å². The van der Waals surface area contributed by atoms with Gasteiger partial charge in [-0.1, -0.05) is 62.8 Å². The topological polar surface area (TPSA) is 91.6 Å². The lowest BCUT2D eigenvalue weighted by molar-refractivity contribution is -0.133. The second-order valence-corrected chi connectivity index (χ2v) is 11.2. The van der Waals surface area contributed by atoms with Crippen LogP contribution in [0.3, 0.4) is 0 Å². The summed E-state index contributed by atoms with van der Waals surface area (Å²) in [6, 6.07) is 4.08. The summed E-state index contributed by atoms with van der Waals surface area (Å²) in [6.45, 7) is 5.00. The Labute approximate surface area is 235 Å². The number of carbonyl (C=O) groups excluding carboxylic acids is 1. The molecule has 3 rings (SSSR count). The maximum Gasteiger partial charge on any atom is 0.223 e.